The minimum absolute atomic E-state index is 0.000792. The lowest BCUT2D eigenvalue weighted by atomic mass is 10.2. The van der Waals surface area contributed by atoms with Crippen molar-refractivity contribution >= 4 is 29.2 Å². The van der Waals surface area contributed by atoms with Gasteiger partial charge in [-0.2, -0.15) is 9.97 Å². The molecule has 1 fully saturated rings. The number of hydrogen-bond acceptors (Lipinski definition) is 5. The highest BCUT2D eigenvalue weighted by molar-refractivity contribution is 6.31. The van der Waals surface area contributed by atoms with Gasteiger partial charge in [0.2, 0.25) is 11.9 Å². The quantitative estimate of drug-likeness (QED) is 0.900. The first-order valence-corrected chi connectivity index (χ1v) is 7.95. The Labute approximate surface area is 137 Å². The van der Waals surface area contributed by atoms with Crippen LogP contribution in [-0.4, -0.2) is 28.0 Å². The molecule has 3 rings (SSSR count). The van der Waals surface area contributed by atoms with Crippen LogP contribution in [0.5, 0.6) is 0 Å². The van der Waals surface area contributed by atoms with E-state index < -0.39 is 11.5 Å². The number of aromatic nitrogens is 3. The van der Waals surface area contributed by atoms with Crippen LogP contribution >= 0.6 is 11.6 Å². The van der Waals surface area contributed by atoms with Gasteiger partial charge in [0.05, 0.1) is 5.02 Å². The number of benzene rings is 1. The summed E-state index contributed by atoms with van der Waals surface area (Å²) in [6.07, 6.45) is 4.48. The first-order valence-electron chi connectivity index (χ1n) is 7.57. The van der Waals surface area contributed by atoms with Crippen molar-refractivity contribution in [1.82, 2.24) is 15.0 Å². The van der Waals surface area contributed by atoms with E-state index >= 15 is 0 Å². The summed E-state index contributed by atoms with van der Waals surface area (Å²) >= 11 is 5.75. The molecule has 1 aromatic carbocycles. The normalized spacial score (nSPS) is 15.3. The van der Waals surface area contributed by atoms with Crippen molar-refractivity contribution < 1.29 is 4.39 Å². The van der Waals surface area contributed by atoms with Crippen LogP contribution in [0.3, 0.4) is 0 Å². The number of anilines is 3. The Morgan fingerprint density at radius 2 is 1.91 bits per heavy atom. The zero-order valence-corrected chi connectivity index (χ0v) is 13.2. The van der Waals surface area contributed by atoms with E-state index in [0.717, 1.165) is 25.9 Å². The van der Waals surface area contributed by atoms with Crippen LogP contribution in [0, 0.1) is 5.82 Å². The SMILES string of the molecule is O=c1nc(N2CCCCCC2)nc(Nc2ccc(F)c(Cl)c2)[nH]1. The van der Waals surface area contributed by atoms with Crippen LogP contribution in [-0.2, 0) is 0 Å². The third-order valence-electron chi connectivity index (χ3n) is 3.71. The minimum atomic E-state index is -0.501. The molecule has 0 radical (unpaired) electrons. The molecule has 2 heterocycles. The molecule has 2 N–H and O–H groups in total. The maximum Gasteiger partial charge on any atom is 0.351 e. The molecule has 23 heavy (non-hydrogen) atoms. The molecule has 0 amide bonds. The topological polar surface area (TPSA) is 73.9 Å². The fraction of sp³-hybridized carbons (Fsp3) is 0.400. The molecule has 122 valence electrons. The van der Waals surface area contributed by atoms with Crippen molar-refractivity contribution in [2.24, 2.45) is 0 Å². The van der Waals surface area contributed by atoms with Crippen molar-refractivity contribution in [3.8, 4) is 0 Å². The Morgan fingerprint density at radius 1 is 1.17 bits per heavy atom. The molecule has 1 aliphatic rings. The molecule has 0 unspecified atom stereocenters. The van der Waals surface area contributed by atoms with E-state index in [1.54, 1.807) is 0 Å². The van der Waals surface area contributed by atoms with Gasteiger partial charge < -0.3 is 10.2 Å². The summed E-state index contributed by atoms with van der Waals surface area (Å²) < 4.78 is 13.2. The average molecular weight is 338 g/mol. The number of aromatic amines is 1. The number of halogens is 2. The Balaban J connectivity index is 1.84. The molecule has 1 aromatic heterocycles. The Hall–Kier alpha value is -2.15. The van der Waals surface area contributed by atoms with Crippen LogP contribution in [0.15, 0.2) is 23.0 Å². The monoisotopic (exact) mass is 337 g/mol. The van der Waals surface area contributed by atoms with E-state index in [0.29, 0.717) is 11.6 Å². The lowest BCUT2D eigenvalue weighted by Crippen LogP contribution is -2.29. The molecule has 0 spiro atoms. The van der Waals surface area contributed by atoms with E-state index in [9.17, 15) is 9.18 Å². The highest BCUT2D eigenvalue weighted by atomic mass is 35.5. The first kappa shape index (κ1) is 15.7. The van der Waals surface area contributed by atoms with Crippen LogP contribution in [0.25, 0.3) is 0 Å². The van der Waals surface area contributed by atoms with Crippen molar-refractivity contribution in [2.45, 2.75) is 25.7 Å². The molecule has 2 aromatic rings. The van der Waals surface area contributed by atoms with Gasteiger partial charge in [0, 0.05) is 18.8 Å². The fourth-order valence-corrected chi connectivity index (χ4v) is 2.74. The Bertz CT molecular complexity index is 743. The van der Waals surface area contributed by atoms with Crippen molar-refractivity contribution in [2.75, 3.05) is 23.3 Å². The predicted octanol–water partition coefficient (Wildman–Crippen LogP) is 3.08. The standard InChI is InChI=1S/C15H17ClFN5O/c16-11-9-10(5-6-12(11)17)18-13-19-14(21-15(23)20-13)22-7-3-1-2-4-8-22/h5-6,9H,1-4,7-8H2,(H2,18,19,20,21,23). The smallest absolute Gasteiger partial charge is 0.341 e. The predicted molar refractivity (Wildman–Crippen MR) is 88.0 cm³/mol. The molecular formula is C15H17ClFN5O. The average Bonchev–Trinajstić information content (AvgIpc) is 2.80. The van der Waals surface area contributed by atoms with E-state index in [1.807, 2.05) is 4.90 Å². The van der Waals surface area contributed by atoms with Crippen molar-refractivity contribution in [1.29, 1.82) is 0 Å². The van der Waals surface area contributed by atoms with Gasteiger partial charge in [0.1, 0.15) is 5.82 Å². The molecule has 0 saturated carbocycles. The van der Waals surface area contributed by atoms with Crippen molar-refractivity contribution in [3.05, 3.63) is 39.5 Å². The molecule has 6 nitrogen and oxygen atoms in total. The van der Waals surface area contributed by atoms with Gasteiger partial charge in [-0.1, -0.05) is 24.4 Å². The number of nitrogens with zero attached hydrogens (tertiary/aromatic N) is 3. The number of rotatable bonds is 3. The van der Waals surface area contributed by atoms with Crippen molar-refractivity contribution in [3.63, 3.8) is 0 Å². The number of nitrogens with one attached hydrogen (secondary N) is 2. The molecular weight excluding hydrogens is 321 g/mol. The molecule has 1 saturated heterocycles. The van der Waals surface area contributed by atoms with E-state index in [1.165, 1.54) is 31.0 Å². The van der Waals surface area contributed by atoms with Gasteiger partial charge >= 0.3 is 5.69 Å². The highest BCUT2D eigenvalue weighted by Crippen LogP contribution is 2.22. The van der Waals surface area contributed by atoms with Crippen LogP contribution in [0.4, 0.5) is 22.0 Å². The van der Waals surface area contributed by atoms with Crippen LogP contribution in [0.2, 0.25) is 5.02 Å². The lowest BCUT2D eigenvalue weighted by molar-refractivity contribution is 0.628. The van der Waals surface area contributed by atoms with Gasteiger partial charge in [-0.15, -0.1) is 0 Å². The molecule has 1 aliphatic heterocycles. The second kappa shape index (κ2) is 6.95. The largest absolute Gasteiger partial charge is 0.351 e. The molecule has 0 atom stereocenters. The fourth-order valence-electron chi connectivity index (χ4n) is 2.55. The third-order valence-corrected chi connectivity index (χ3v) is 4.00. The molecule has 0 aliphatic carbocycles. The summed E-state index contributed by atoms with van der Waals surface area (Å²) in [4.78, 5) is 24.7. The van der Waals surface area contributed by atoms with Gasteiger partial charge in [-0.25, -0.2) is 9.18 Å². The zero-order chi connectivity index (χ0) is 16.2. The van der Waals surface area contributed by atoms with Crippen LogP contribution in [0.1, 0.15) is 25.7 Å². The maximum absolute atomic E-state index is 13.2. The second-order valence-corrected chi connectivity index (χ2v) is 5.86. The summed E-state index contributed by atoms with van der Waals surface area (Å²) in [5.74, 6) is 0.164. The second-order valence-electron chi connectivity index (χ2n) is 5.46. The Kier molecular flexibility index (Phi) is 4.76. The van der Waals surface area contributed by atoms with E-state index in [-0.39, 0.29) is 11.0 Å². The summed E-state index contributed by atoms with van der Waals surface area (Å²) in [6.45, 7) is 1.68. The Morgan fingerprint density at radius 3 is 2.61 bits per heavy atom. The van der Waals surface area contributed by atoms with E-state index in [4.69, 9.17) is 11.6 Å². The molecule has 8 heteroatoms. The maximum atomic E-state index is 13.2. The molecule has 0 bridgehead atoms. The third kappa shape index (κ3) is 3.98. The number of hydrogen-bond donors (Lipinski definition) is 2. The first-order chi connectivity index (χ1) is 11.1. The summed E-state index contributed by atoms with van der Waals surface area (Å²) in [7, 11) is 0. The number of H-pyrrole nitrogens is 1. The van der Waals surface area contributed by atoms with Gasteiger partial charge in [-0.3, -0.25) is 4.98 Å². The van der Waals surface area contributed by atoms with E-state index in [2.05, 4.69) is 20.3 Å². The summed E-state index contributed by atoms with van der Waals surface area (Å²) in [5, 5.41) is 2.92. The highest BCUT2D eigenvalue weighted by Gasteiger charge is 2.14. The summed E-state index contributed by atoms with van der Waals surface area (Å²) in [5.41, 5.74) is 0.0579. The summed E-state index contributed by atoms with van der Waals surface area (Å²) in [6, 6.07) is 4.20. The minimum Gasteiger partial charge on any atom is -0.341 e. The van der Waals surface area contributed by atoms with Gasteiger partial charge in [0.25, 0.3) is 0 Å². The zero-order valence-electron chi connectivity index (χ0n) is 12.5. The lowest BCUT2D eigenvalue weighted by Gasteiger charge is -2.20. The van der Waals surface area contributed by atoms with Crippen LogP contribution < -0.4 is 15.9 Å². The van der Waals surface area contributed by atoms with Gasteiger partial charge in [-0.05, 0) is 31.0 Å². The van der Waals surface area contributed by atoms with Gasteiger partial charge in [0.15, 0.2) is 0 Å².